The smallest absolute Gasteiger partial charge is 0.0702 e. The molecule has 1 unspecified atom stereocenters. The van der Waals surface area contributed by atoms with E-state index in [0.717, 1.165) is 23.7 Å². The summed E-state index contributed by atoms with van der Waals surface area (Å²) in [7, 11) is 1.71. The van der Waals surface area contributed by atoms with E-state index < -0.39 is 0 Å². The van der Waals surface area contributed by atoms with Crippen LogP contribution in [-0.4, -0.2) is 31.4 Å². The lowest BCUT2D eigenvalue weighted by Gasteiger charge is -2.33. The van der Waals surface area contributed by atoms with Crippen molar-refractivity contribution in [3.8, 4) is 0 Å². The van der Waals surface area contributed by atoms with E-state index in [4.69, 9.17) is 16.3 Å². The van der Waals surface area contributed by atoms with Crippen LogP contribution in [-0.2, 0) is 11.3 Å². The zero-order chi connectivity index (χ0) is 13.8. The van der Waals surface area contributed by atoms with Crippen LogP contribution in [0.3, 0.4) is 0 Å². The molecule has 0 bridgehead atoms. The Bertz CT molecular complexity index is 421. The van der Waals surface area contributed by atoms with Gasteiger partial charge in [-0.2, -0.15) is 0 Å². The number of hydrogen-bond acceptors (Lipinski definition) is 3. The van der Waals surface area contributed by atoms with E-state index in [-0.39, 0.29) is 6.61 Å². The van der Waals surface area contributed by atoms with Gasteiger partial charge in [-0.05, 0) is 31.7 Å². The first kappa shape index (κ1) is 14.6. The van der Waals surface area contributed by atoms with Gasteiger partial charge in [0.25, 0.3) is 0 Å². The Morgan fingerprint density at radius 3 is 2.79 bits per heavy atom. The summed E-state index contributed by atoms with van der Waals surface area (Å²) in [5.41, 5.74) is 1.85. The number of anilines is 1. The van der Waals surface area contributed by atoms with Gasteiger partial charge in [0.15, 0.2) is 0 Å². The van der Waals surface area contributed by atoms with E-state index >= 15 is 0 Å². The molecule has 1 aromatic rings. The Hall–Kier alpha value is -0.770. The van der Waals surface area contributed by atoms with Crippen molar-refractivity contribution in [3.63, 3.8) is 0 Å². The van der Waals surface area contributed by atoms with Crippen molar-refractivity contribution in [1.29, 1.82) is 0 Å². The topological polar surface area (TPSA) is 32.7 Å². The minimum atomic E-state index is 0.0107. The highest BCUT2D eigenvalue weighted by molar-refractivity contribution is 6.33. The molecule has 4 heteroatoms. The van der Waals surface area contributed by atoms with Gasteiger partial charge in [-0.25, -0.2) is 0 Å². The van der Waals surface area contributed by atoms with Crippen molar-refractivity contribution in [3.05, 3.63) is 28.8 Å². The summed E-state index contributed by atoms with van der Waals surface area (Å²) in [6.07, 6.45) is 2.56. The Morgan fingerprint density at radius 2 is 2.21 bits per heavy atom. The van der Waals surface area contributed by atoms with Crippen LogP contribution < -0.4 is 4.90 Å². The van der Waals surface area contributed by atoms with E-state index in [1.54, 1.807) is 7.11 Å². The second-order valence-electron chi connectivity index (χ2n) is 5.17. The average molecular weight is 284 g/mol. The molecular weight excluding hydrogens is 262 g/mol. The summed E-state index contributed by atoms with van der Waals surface area (Å²) >= 11 is 6.36. The molecule has 19 heavy (non-hydrogen) atoms. The van der Waals surface area contributed by atoms with Gasteiger partial charge in [-0.3, -0.25) is 0 Å². The van der Waals surface area contributed by atoms with E-state index in [1.807, 2.05) is 18.2 Å². The summed E-state index contributed by atoms with van der Waals surface area (Å²) < 4.78 is 5.21. The van der Waals surface area contributed by atoms with Crippen LogP contribution in [0.2, 0.25) is 5.02 Å². The summed E-state index contributed by atoms with van der Waals surface area (Å²) in [5, 5.41) is 10.2. The van der Waals surface area contributed by atoms with Crippen LogP contribution in [0.5, 0.6) is 0 Å². The first-order valence-electron chi connectivity index (χ1n) is 6.82. The lowest BCUT2D eigenvalue weighted by Crippen LogP contribution is -2.38. The lowest BCUT2D eigenvalue weighted by atomic mass is 10.1. The van der Waals surface area contributed by atoms with E-state index in [9.17, 15) is 5.11 Å². The largest absolute Gasteiger partial charge is 0.392 e. The van der Waals surface area contributed by atoms with Gasteiger partial charge in [0.2, 0.25) is 0 Å². The lowest BCUT2D eigenvalue weighted by molar-refractivity contribution is 0.202. The molecule has 0 radical (unpaired) electrons. The normalized spacial score (nSPS) is 16.4. The van der Waals surface area contributed by atoms with Crippen molar-refractivity contribution < 1.29 is 9.84 Å². The standard InChI is InChI=1S/C15H22ClNO2/c1-11(12-6-7-12)17(8-9-19-2)15-13(10-18)4-3-5-14(15)16/h3-5,11-12,18H,6-10H2,1-2H3. The molecule has 0 aromatic heterocycles. The molecule has 0 heterocycles. The summed E-state index contributed by atoms with van der Waals surface area (Å²) in [6, 6.07) is 6.13. The number of halogens is 1. The first-order valence-corrected chi connectivity index (χ1v) is 7.20. The molecule has 3 nitrogen and oxygen atoms in total. The second kappa shape index (κ2) is 6.60. The third kappa shape index (κ3) is 3.41. The molecular formula is C15H22ClNO2. The van der Waals surface area contributed by atoms with Gasteiger partial charge < -0.3 is 14.7 Å². The molecule has 0 saturated heterocycles. The predicted octanol–water partition coefficient (Wildman–Crippen LogP) is 3.08. The molecule has 1 aromatic carbocycles. The molecule has 0 aliphatic heterocycles. The van der Waals surface area contributed by atoms with Crippen LogP contribution in [0.25, 0.3) is 0 Å². The second-order valence-corrected chi connectivity index (χ2v) is 5.58. The Balaban J connectivity index is 2.30. The maximum Gasteiger partial charge on any atom is 0.0702 e. The van der Waals surface area contributed by atoms with Crippen molar-refractivity contribution in [2.45, 2.75) is 32.4 Å². The molecule has 1 aliphatic carbocycles. The maximum absolute atomic E-state index is 9.54. The van der Waals surface area contributed by atoms with Crippen LogP contribution in [0, 0.1) is 5.92 Å². The molecule has 1 saturated carbocycles. The number of ether oxygens (including phenoxy) is 1. The number of para-hydroxylation sites is 1. The number of nitrogens with zero attached hydrogens (tertiary/aromatic N) is 1. The quantitative estimate of drug-likeness (QED) is 0.835. The van der Waals surface area contributed by atoms with Crippen molar-refractivity contribution in [2.75, 3.05) is 25.2 Å². The van der Waals surface area contributed by atoms with Gasteiger partial charge >= 0.3 is 0 Å². The van der Waals surface area contributed by atoms with Gasteiger partial charge in [-0.15, -0.1) is 0 Å². The predicted molar refractivity (Wildman–Crippen MR) is 78.8 cm³/mol. The van der Waals surface area contributed by atoms with Gasteiger partial charge in [0.1, 0.15) is 0 Å². The number of hydrogen-bond donors (Lipinski definition) is 1. The number of aliphatic hydroxyl groups excluding tert-OH is 1. The molecule has 106 valence electrons. The zero-order valence-corrected chi connectivity index (χ0v) is 12.4. The number of rotatable bonds is 7. The number of benzene rings is 1. The molecule has 1 N–H and O–H groups in total. The van der Waals surface area contributed by atoms with Crippen molar-refractivity contribution in [2.24, 2.45) is 5.92 Å². The SMILES string of the molecule is COCCN(c1c(Cl)cccc1CO)C(C)C1CC1. The molecule has 1 aliphatic rings. The van der Waals surface area contributed by atoms with E-state index in [2.05, 4.69) is 11.8 Å². The Morgan fingerprint density at radius 1 is 1.47 bits per heavy atom. The van der Waals surface area contributed by atoms with Crippen LogP contribution in [0.1, 0.15) is 25.3 Å². The van der Waals surface area contributed by atoms with Crippen LogP contribution in [0.4, 0.5) is 5.69 Å². The minimum absolute atomic E-state index is 0.0107. The third-order valence-corrected chi connectivity index (χ3v) is 4.17. The highest BCUT2D eigenvalue weighted by Crippen LogP contribution is 2.39. The van der Waals surface area contributed by atoms with Gasteiger partial charge in [0, 0.05) is 25.3 Å². The van der Waals surface area contributed by atoms with Crippen LogP contribution >= 0.6 is 11.6 Å². The fourth-order valence-corrected chi connectivity index (χ4v) is 2.85. The van der Waals surface area contributed by atoms with Gasteiger partial charge in [0.05, 0.1) is 23.9 Å². The minimum Gasteiger partial charge on any atom is -0.392 e. The molecule has 1 fully saturated rings. The Labute approximate surface area is 120 Å². The van der Waals surface area contributed by atoms with Crippen LogP contribution in [0.15, 0.2) is 18.2 Å². The molecule has 0 spiro atoms. The van der Waals surface area contributed by atoms with Crippen molar-refractivity contribution >= 4 is 17.3 Å². The monoisotopic (exact) mass is 283 g/mol. The first-order chi connectivity index (χ1) is 9.19. The van der Waals surface area contributed by atoms with E-state index in [0.29, 0.717) is 17.7 Å². The number of methoxy groups -OCH3 is 1. The van der Waals surface area contributed by atoms with Crippen molar-refractivity contribution in [1.82, 2.24) is 0 Å². The summed E-state index contributed by atoms with van der Waals surface area (Å²) in [4.78, 5) is 2.29. The average Bonchev–Trinajstić information content (AvgIpc) is 3.24. The zero-order valence-electron chi connectivity index (χ0n) is 11.6. The number of aliphatic hydroxyl groups is 1. The fraction of sp³-hybridized carbons (Fsp3) is 0.600. The molecule has 1 atom stereocenters. The van der Waals surface area contributed by atoms with Gasteiger partial charge in [-0.1, -0.05) is 23.7 Å². The molecule has 2 rings (SSSR count). The summed E-state index contributed by atoms with van der Waals surface area (Å²) in [6.45, 7) is 3.70. The Kier molecular flexibility index (Phi) is 5.08. The highest BCUT2D eigenvalue weighted by atomic mass is 35.5. The molecule has 0 amide bonds. The third-order valence-electron chi connectivity index (χ3n) is 3.86. The highest BCUT2D eigenvalue weighted by Gasteiger charge is 2.33. The summed E-state index contributed by atoms with van der Waals surface area (Å²) in [5.74, 6) is 0.736. The maximum atomic E-state index is 9.54. The van der Waals surface area contributed by atoms with E-state index in [1.165, 1.54) is 12.8 Å². The fourth-order valence-electron chi connectivity index (χ4n) is 2.55.